The van der Waals surface area contributed by atoms with E-state index >= 15 is 0 Å². The number of nitrogens with two attached hydrogens (primary N) is 1. The van der Waals surface area contributed by atoms with Gasteiger partial charge in [0.25, 0.3) is 0 Å². The molecule has 1 saturated heterocycles. The van der Waals surface area contributed by atoms with Crippen LogP contribution in [0.25, 0.3) is 0 Å². The third-order valence-electron chi connectivity index (χ3n) is 4.81. The largest absolute Gasteiger partial charge is 0.354 e. The fraction of sp³-hybridized carbons (Fsp3) is 0.929. The van der Waals surface area contributed by atoms with Gasteiger partial charge < -0.3 is 16.0 Å². The summed E-state index contributed by atoms with van der Waals surface area (Å²) in [5.41, 5.74) is 6.18. The third-order valence-corrected chi connectivity index (χ3v) is 6.05. The number of rotatable bonds is 5. The summed E-state index contributed by atoms with van der Waals surface area (Å²) in [4.78, 5) is 14.3. The molecule has 1 aliphatic carbocycles. The van der Waals surface area contributed by atoms with E-state index in [0.29, 0.717) is 12.3 Å². The summed E-state index contributed by atoms with van der Waals surface area (Å²) < 4.78 is 0. The summed E-state index contributed by atoms with van der Waals surface area (Å²) in [6.07, 6.45) is 5.14. The van der Waals surface area contributed by atoms with E-state index in [2.05, 4.69) is 24.3 Å². The maximum absolute atomic E-state index is 12.1. The van der Waals surface area contributed by atoms with Crippen molar-refractivity contribution >= 4 is 17.7 Å². The van der Waals surface area contributed by atoms with E-state index in [9.17, 15) is 4.79 Å². The minimum absolute atomic E-state index is 0.151. The molecule has 0 bridgehead atoms. The van der Waals surface area contributed by atoms with E-state index in [1.165, 1.54) is 12.2 Å². The average Bonchev–Trinajstić information content (AvgIpc) is 2.98. The molecule has 1 unspecified atom stereocenters. The molecule has 4 nitrogen and oxygen atoms in total. The van der Waals surface area contributed by atoms with Gasteiger partial charge in [0.15, 0.2) is 0 Å². The van der Waals surface area contributed by atoms with E-state index in [1.54, 1.807) is 0 Å². The van der Waals surface area contributed by atoms with Crippen molar-refractivity contribution < 1.29 is 4.79 Å². The van der Waals surface area contributed by atoms with Gasteiger partial charge >= 0.3 is 0 Å². The molecule has 3 atom stereocenters. The van der Waals surface area contributed by atoms with Crippen LogP contribution in [0.3, 0.4) is 0 Å². The Morgan fingerprint density at radius 1 is 1.47 bits per heavy atom. The molecule has 5 heteroatoms. The van der Waals surface area contributed by atoms with Gasteiger partial charge in [0, 0.05) is 30.3 Å². The number of nitrogens with one attached hydrogen (secondary N) is 1. The predicted molar refractivity (Wildman–Crippen MR) is 81.3 cm³/mol. The van der Waals surface area contributed by atoms with Gasteiger partial charge in [-0.2, -0.15) is 11.8 Å². The Morgan fingerprint density at radius 2 is 2.26 bits per heavy atom. The summed E-state index contributed by atoms with van der Waals surface area (Å²) in [7, 11) is 4.23. The molecular weight excluding hydrogens is 258 g/mol. The summed E-state index contributed by atoms with van der Waals surface area (Å²) in [6.45, 7) is 0.772. The summed E-state index contributed by atoms with van der Waals surface area (Å²) >= 11 is 1.98. The molecule has 19 heavy (non-hydrogen) atoms. The molecule has 0 radical (unpaired) electrons. The minimum Gasteiger partial charge on any atom is -0.354 e. The zero-order chi connectivity index (χ0) is 13.9. The molecule has 2 aliphatic rings. The van der Waals surface area contributed by atoms with Crippen LogP contribution in [-0.2, 0) is 4.79 Å². The minimum atomic E-state index is 0.151. The molecule has 0 aromatic heterocycles. The molecule has 2 rings (SSSR count). The first kappa shape index (κ1) is 15.1. The van der Waals surface area contributed by atoms with Crippen LogP contribution in [0.1, 0.15) is 32.1 Å². The number of thioether (sulfide) groups is 1. The molecule has 2 fully saturated rings. The normalized spacial score (nSPS) is 34.9. The highest BCUT2D eigenvalue weighted by Crippen LogP contribution is 2.31. The van der Waals surface area contributed by atoms with Crippen molar-refractivity contribution in [3.05, 3.63) is 0 Å². The van der Waals surface area contributed by atoms with Gasteiger partial charge in [0.1, 0.15) is 0 Å². The first-order valence-electron chi connectivity index (χ1n) is 7.31. The molecule has 1 aliphatic heterocycles. The quantitative estimate of drug-likeness (QED) is 0.793. The van der Waals surface area contributed by atoms with Gasteiger partial charge in [-0.05, 0) is 45.0 Å². The van der Waals surface area contributed by atoms with Crippen molar-refractivity contribution in [1.82, 2.24) is 10.2 Å². The summed E-state index contributed by atoms with van der Waals surface area (Å²) in [5.74, 6) is 2.89. The number of amides is 1. The maximum Gasteiger partial charge on any atom is 0.220 e. The Morgan fingerprint density at radius 3 is 2.79 bits per heavy atom. The van der Waals surface area contributed by atoms with Crippen LogP contribution in [0.15, 0.2) is 0 Å². The van der Waals surface area contributed by atoms with Crippen LogP contribution in [0.4, 0.5) is 0 Å². The van der Waals surface area contributed by atoms with Crippen molar-refractivity contribution in [2.75, 3.05) is 32.1 Å². The lowest BCUT2D eigenvalue weighted by Crippen LogP contribution is -2.53. The van der Waals surface area contributed by atoms with Crippen LogP contribution < -0.4 is 11.1 Å². The van der Waals surface area contributed by atoms with Gasteiger partial charge in [-0.15, -0.1) is 0 Å². The molecule has 1 heterocycles. The molecule has 3 N–H and O–H groups in total. The molecular formula is C14H27N3OS. The zero-order valence-electron chi connectivity index (χ0n) is 12.2. The van der Waals surface area contributed by atoms with Crippen LogP contribution in [0.2, 0.25) is 0 Å². The van der Waals surface area contributed by atoms with Crippen LogP contribution in [0.5, 0.6) is 0 Å². The number of likely N-dealkylation sites (N-methyl/N-ethyl adjacent to an activating group) is 1. The molecule has 1 amide bonds. The monoisotopic (exact) mass is 285 g/mol. The lowest BCUT2D eigenvalue weighted by molar-refractivity contribution is -0.122. The Labute approximate surface area is 120 Å². The van der Waals surface area contributed by atoms with E-state index in [0.717, 1.165) is 31.6 Å². The van der Waals surface area contributed by atoms with E-state index in [4.69, 9.17) is 5.73 Å². The van der Waals surface area contributed by atoms with Crippen molar-refractivity contribution in [2.45, 2.75) is 43.7 Å². The average molecular weight is 285 g/mol. The first-order chi connectivity index (χ1) is 9.03. The van der Waals surface area contributed by atoms with E-state index in [1.807, 2.05) is 11.8 Å². The summed E-state index contributed by atoms with van der Waals surface area (Å²) in [6, 6.07) is 0.232. The molecule has 0 aromatic rings. The van der Waals surface area contributed by atoms with Crippen molar-refractivity contribution in [1.29, 1.82) is 0 Å². The number of nitrogens with zero attached hydrogens (tertiary/aromatic N) is 1. The molecule has 0 aromatic carbocycles. The lowest BCUT2D eigenvalue weighted by atomic mass is 9.96. The lowest BCUT2D eigenvalue weighted by Gasteiger charge is -2.35. The second kappa shape index (κ2) is 6.46. The van der Waals surface area contributed by atoms with Gasteiger partial charge in [-0.25, -0.2) is 0 Å². The molecule has 110 valence electrons. The van der Waals surface area contributed by atoms with Crippen LogP contribution in [-0.4, -0.2) is 54.5 Å². The predicted octanol–water partition coefficient (Wildman–Crippen LogP) is 1.06. The smallest absolute Gasteiger partial charge is 0.220 e. The van der Waals surface area contributed by atoms with Gasteiger partial charge in [-0.3, -0.25) is 4.79 Å². The van der Waals surface area contributed by atoms with E-state index in [-0.39, 0.29) is 17.5 Å². The zero-order valence-corrected chi connectivity index (χ0v) is 13.0. The first-order valence-corrected chi connectivity index (χ1v) is 8.46. The fourth-order valence-corrected chi connectivity index (χ4v) is 4.69. The summed E-state index contributed by atoms with van der Waals surface area (Å²) in [5, 5.41) is 3.14. The van der Waals surface area contributed by atoms with Crippen LogP contribution in [0, 0.1) is 5.92 Å². The Bertz CT molecular complexity index is 316. The van der Waals surface area contributed by atoms with E-state index < -0.39 is 0 Å². The molecule has 0 spiro atoms. The number of hydrogen-bond donors (Lipinski definition) is 2. The van der Waals surface area contributed by atoms with Crippen molar-refractivity contribution in [3.63, 3.8) is 0 Å². The highest BCUT2D eigenvalue weighted by molar-refractivity contribution is 7.99. The maximum atomic E-state index is 12.1. The number of hydrogen-bond acceptors (Lipinski definition) is 4. The van der Waals surface area contributed by atoms with Crippen LogP contribution >= 0.6 is 11.8 Å². The van der Waals surface area contributed by atoms with Gasteiger partial charge in [-0.1, -0.05) is 6.42 Å². The fourth-order valence-electron chi connectivity index (χ4n) is 3.14. The number of carbonyl (C=O) groups is 1. The highest BCUT2D eigenvalue weighted by atomic mass is 32.2. The molecule has 1 saturated carbocycles. The third kappa shape index (κ3) is 3.64. The standard InChI is InChI=1S/C14H27N3OS/c1-17(2)14(6-7-19-10-14)9-16-13(18)8-11-4-3-5-12(11)15/h11-12H,3-10,15H2,1-2H3,(H,16,18)/t11-,12+,14?/m0/s1. The second-order valence-electron chi connectivity index (χ2n) is 6.26. The van der Waals surface area contributed by atoms with Crippen molar-refractivity contribution in [3.8, 4) is 0 Å². The highest BCUT2D eigenvalue weighted by Gasteiger charge is 2.37. The Balaban J connectivity index is 1.79. The SMILES string of the molecule is CN(C)C1(CNC(=O)C[C@@H]2CCC[C@H]2N)CCSC1. The van der Waals surface area contributed by atoms with Gasteiger partial charge in [0.2, 0.25) is 5.91 Å². The Kier molecular flexibility index (Phi) is 5.15. The second-order valence-corrected chi connectivity index (χ2v) is 7.36. The van der Waals surface area contributed by atoms with Gasteiger partial charge in [0.05, 0.1) is 0 Å². The Hall–Kier alpha value is -0.260. The van der Waals surface area contributed by atoms with Crippen molar-refractivity contribution in [2.24, 2.45) is 11.7 Å². The topological polar surface area (TPSA) is 58.4 Å². The number of carbonyl (C=O) groups excluding carboxylic acids is 1.